The maximum atomic E-state index is 12.0. The van der Waals surface area contributed by atoms with Crippen LogP contribution in [0.2, 0.25) is 0 Å². The Labute approximate surface area is 121 Å². The van der Waals surface area contributed by atoms with Crippen molar-refractivity contribution in [1.82, 2.24) is 19.3 Å². The second-order valence-corrected chi connectivity index (χ2v) is 6.83. The number of aromatic nitrogens is 1. The lowest BCUT2D eigenvalue weighted by Gasteiger charge is -2.18. The molecule has 0 amide bonds. The van der Waals surface area contributed by atoms with Crippen LogP contribution in [-0.4, -0.2) is 43.9 Å². The Hall–Kier alpha value is -1.02. The van der Waals surface area contributed by atoms with Crippen molar-refractivity contribution < 1.29 is 8.42 Å². The molecule has 2 N–H and O–H groups in total. The zero-order valence-corrected chi connectivity index (χ0v) is 13.2. The summed E-state index contributed by atoms with van der Waals surface area (Å²) < 4.78 is 27.9. The first-order valence-electron chi connectivity index (χ1n) is 6.75. The molecule has 0 radical (unpaired) electrons. The van der Waals surface area contributed by atoms with Gasteiger partial charge in [0.15, 0.2) is 0 Å². The molecule has 20 heavy (non-hydrogen) atoms. The molecule has 0 fully saturated rings. The van der Waals surface area contributed by atoms with Gasteiger partial charge in [-0.3, -0.25) is 4.98 Å². The van der Waals surface area contributed by atoms with Crippen molar-refractivity contribution in [1.29, 1.82) is 0 Å². The molecule has 0 saturated carbocycles. The molecule has 0 unspecified atom stereocenters. The van der Waals surface area contributed by atoms with Crippen LogP contribution in [0.5, 0.6) is 0 Å². The molecule has 1 rings (SSSR count). The molecule has 0 aliphatic rings. The van der Waals surface area contributed by atoms with E-state index < -0.39 is 10.2 Å². The minimum absolute atomic E-state index is 0.277. The van der Waals surface area contributed by atoms with E-state index in [-0.39, 0.29) is 6.54 Å². The number of pyridine rings is 1. The van der Waals surface area contributed by atoms with Crippen LogP contribution < -0.4 is 10.0 Å². The topological polar surface area (TPSA) is 74.3 Å². The molecular weight excluding hydrogens is 276 g/mol. The first kappa shape index (κ1) is 17.0. The Morgan fingerprint density at radius 3 is 2.55 bits per heavy atom. The number of hydrogen-bond donors (Lipinski definition) is 2. The van der Waals surface area contributed by atoms with Crippen LogP contribution in [-0.2, 0) is 16.8 Å². The van der Waals surface area contributed by atoms with E-state index in [9.17, 15) is 8.42 Å². The third-order valence-corrected chi connectivity index (χ3v) is 4.33. The highest BCUT2D eigenvalue weighted by molar-refractivity contribution is 7.87. The van der Waals surface area contributed by atoms with Gasteiger partial charge in [-0.2, -0.15) is 17.4 Å². The molecule has 0 saturated heterocycles. The molecule has 0 aliphatic heterocycles. The highest BCUT2D eigenvalue weighted by Gasteiger charge is 2.16. The lowest BCUT2D eigenvalue weighted by molar-refractivity contribution is 0.439. The van der Waals surface area contributed by atoms with Gasteiger partial charge in [-0.05, 0) is 30.7 Å². The molecule has 0 aromatic carbocycles. The van der Waals surface area contributed by atoms with Crippen molar-refractivity contribution >= 4 is 10.2 Å². The average Bonchev–Trinajstić information content (AvgIpc) is 2.42. The quantitative estimate of drug-likeness (QED) is 0.660. The summed E-state index contributed by atoms with van der Waals surface area (Å²) in [5.74, 6) is 0. The number of rotatable bonds is 9. The summed E-state index contributed by atoms with van der Waals surface area (Å²) in [5.41, 5.74) is 0.887. The van der Waals surface area contributed by atoms with E-state index in [0.29, 0.717) is 12.6 Å². The summed E-state index contributed by atoms with van der Waals surface area (Å²) in [5, 5.41) is 3.26. The summed E-state index contributed by atoms with van der Waals surface area (Å²) in [6.45, 7) is 5.71. The van der Waals surface area contributed by atoms with Gasteiger partial charge in [0.25, 0.3) is 10.2 Å². The van der Waals surface area contributed by atoms with Crippen LogP contribution in [0.4, 0.5) is 0 Å². The maximum absolute atomic E-state index is 12.0. The van der Waals surface area contributed by atoms with Crippen molar-refractivity contribution in [3.63, 3.8) is 0 Å². The van der Waals surface area contributed by atoms with Crippen LogP contribution >= 0.6 is 0 Å². The van der Waals surface area contributed by atoms with Gasteiger partial charge in [0, 0.05) is 38.6 Å². The molecule has 0 aliphatic carbocycles. The second-order valence-electron chi connectivity index (χ2n) is 4.97. The van der Waals surface area contributed by atoms with Gasteiger partial charge in [0.1, 0.15) is 0 Å². The van der Waals surface area contributed by atoms with Gasteiger partial charge in [0.05, 0.1) is 0 Å². The molecule has 114 valence electrons. The lowest BCUT2D eigenvalue weighted by Crippen LogP contribution is -2.39. The number of nitrogens with zero attached hydrogens (tertiary/aromatic N) is 2. The predicted octanol–water partition coefficient (Wildman–Crippen LogP) is 0.736. The van der Waals surface area contributed by atoms with Gasteiger partial charge >= 0.3 is 0 Å². The fourth-order valence-electron chi connectivity index (χ4n) is 1.60. The first-order chi connectivity index (χ1) is 9.42. The lowest BCUT2D eigenvalue weighted by atomic mass is 10.3. The van der Waals surface area contributed by atoms with E-state index >= 15 is 0 Å². The summed E-state index contributed by atoms with van der Waals surface area (Å²) in [6.07, 6.45) is 4.07. The average molecular weight is 300 g/mol. The fraction of sp³-hybridized carbons (Fsp3) is 0.615. The van der Waals surface area contributed by atoms with E-state index in [2.05, 4.69) is 28.9 Å². The van der Waals surface area contributed by atoms with Crippen molar-refractivity contribution in [2.45, 2.75) is 32.9 Å². The SMILES string of the molecule is CC(C)NCCCN(C)S(=O)(=O)NCc1ccncc1. The standard InChI is InChI=1S/C13H24N4O2S/c1-12(2)15-7-4-10-17(3)20(18,19)16-11-13-5-8-14-9-6-13/h5-6,8-9,12,15-16H,4,7,10-11H2,1-3H3. The van der Waals surface area contributed by atoms with Gasteiger partial charge in [-0.15, -0.1) is 0 Å². The Balaban J connectivity index is 2.35. The summed E-state index contributed by atoms with van der Waals surface area (Å²) in [4.78, 5) is 3.89. The predicted molar refractivity (Wildman–Crippen MR) is 80.4 cm³/mol. The highest BCUT2D eigenvalue weighted by Crippen LogP contribution is 2.00. The van der Waals surface area contributed by atoms with Crippen LogP contribution in [0.3, 0.4) is 0 Å². The van der Waals surface area contributed by atoms with E-state index in [4.69, 9.17) is 0 Å². The molecule has 7 heteroatoms. The van der Waals surface area contributed by atoms with Gasteiger partial charge < -0.3 is 5.32 Å². The Kier molecular flexibility index (Phi) is 7.08. The van der Waals surface area contributed by atoms with E-state index in [1.807, 2.05) is 0 Å². The third kappa shape index (κ3) is 6.42. The first-order valence-corrected chi connectivity index (χ1v) is 8.19. The van der Waals surface area contributed by atoms with Crippen LogP contribution in [0.15, 0.2) is 24.5 Å². The zero-order chi connectivity index (χ0) is 15.0. The smallest absolute Gasteiger partial charge is 0.279 e. The highest BCUT2D eigenvalue weighted by atomic mass is 32.2. The summed E-state index contributed by atoms with van der Waals surface area (Å²) in [6, 6.07) is 3.99. The van der Waals surface area contributed by atoms with Gasteiger partial charge in [-0.25, -0.2) is 0 Å². The minimum atomic E-state index is -3.42. The molecule has 1 aromatic heterocycles. The number of hydrogen-bond acceptors (Lipinski definition) is 4. The molecule has 6 nitrogen and oxygen atoms in total. The van der Waals surface area contributed by atoms with Crippen molar-refractivity contribution in [2.75, 3.05) is 20.1 Å². The van der Waals surface area contributed by atoms with Gasteiger partial charge in [0.2, 0.25) is 0 Å². The van der Waals surface area contributed by atoms with Gasteiger partial charge in [-0.1, -0.05) is 13.8 Å². The molecule has 0 bridgehead atoms. The Bertz CT molecular complexity index is 476. The maximum Gasteiger partial charge on any atom is 0.279 e. The van der Waals surface area contributed by atoms with E-state index in [0.717, 1.165) is 18.5 Å². The third-order valence-electron chi connectivity index (χ3n) is 2.82. The Morgan fingerprint density at radius 2 is 1.95 bits per heavy atom. The van der Waals surface area contributed by atoms with Crippen molar-refractivity contribution in [3.05, 3.63) is 30.1 Å². The fourth-order valence-corrected chi connectivity index (χ4v) is 2.54. The largest absolute Gasteiger partial charge is 0.314 e. The summed E-state index contributed by atoms with van der Waals surface area (Å²) >= 11 is 0. The monoisotopic (exact) mass is 300 g/mol. The summed E-state index contributed by atoms with van der Waals surface area (Å²) in [7, 11) is -1.84. The van der Waals surface area contributed by atoms with E-state index in [1.165, 1.54) is 4.31 Å². The molecule has 1 heterocycles. The molecule has 0 spiro atoms. The Morgan fingerprint density at radius 1 is 1.30 bits per heavy atom. The van der Waals surface area contributed by atoms with Crippen LogP contribution in [0, 0.1) is 0 Å². The van der Waals surface area contributed by atoms with E-state index in [1.54, 1.807) is 31.6 Å². The second kappa shape index (κ2) is 8.31. The molecule has 0 atom stereocenters. The minimum Gasteiger partial charge on any atom is -0.314 e. The zero-order valence-electron chi connectivity index (χ0n) is 12.3. The number of nitrogens with one attached hydrogen (secondary N) is 2. The normalized spacial score (nSPS) is 12.2. The van der Waals surface area contributed by atoms with Crippen molar-refractivity contribution in [2.24, 2.45) is 0 Å². The molecule has 1 aromatic rings. The van der Waals surface area contributed by atoms with Crippen LogP contribution in [0.25, 0.3) is 0 Å². The van der Waals surface area contributed by atoms with Crippen LogP contribution in [0.1, 0.15) is 25.8 Å². The van der Waals surface area contributed by atoms with Crippen molar-refractivity contribution in [3.8, 4) is 0 Å². The molecular formula is C13H24N4O2S.